The summed E-state index contributed by atoms with van der Waals surface area (Å²) >= 11 is 0. The van der Waals surface area contributed by atoms with Gasteiger partial charge in [0.25, 0.3) is 0 Å². The Labute approximate surface area is 129 Å². The van der Waals surface area contributed by atoms with Crippen LogP contribution in [0.3, 0.4) is 0 Å². The van der Waals surface area contributed by atoms with Crippen molar-refractivity contribution in [2.45, 2.75) is 0 Å². The number of para-hydroxylation sites is 1. The average Bonchev–Trinajstić information content (AvgIpc) is 2.59. The minimum atomic E-state index is -0.0114. The third-order valence-electron chi connectivity index (χ3n) is 3.61. The molecular formula is C20H16O2. The molecular weight excluding hydrogens is 272 g/mol. The van der Waals surface area contributed by atoms with Gasteiger partial charge < -0.3 is 4.74 Å². The molecule has 0 saturated carbocycles. The molecule has 0 aliphatic rings. The molecule has 0 fully saturated rings. The molecule has 3 rings (SSSR count). The summed E-state index contributed by atoms with van der Waals surface area (Å²) in [7, 11) is 1.62. The Balaban J connectivity index is 1.95. The van der Waals surface area contributed by atoms with E-state index in [0.29, 0.717) is 5.56 Å². The number of carbonyl (C=O) groups is 1. The van der Waals surface area contributed by atoms with E-state index in [9.17, 15) is 4.79 Å². The molecule has 0 N–H and O–H groups in total. The van der Waals surface area contributed by atoms with E-state index in [-0.39, 0.29) is 5.78 Å². The van der Waals surface area contributed by atoms with Gasteiger partial charge in [0, 0.05) is 11.1 Å². The number of allylic oxidation sites excluding steroid dienone is 1. The number of methoxy groups -OCH3 is 1. The fourth-order valence-electron chi connectivity index (χ4n) is 2.50. The molecule has 0 aliphatic carbocycles. The Morgan fingerprint density at radius 3 is 2.50 bits per heavy atom. The van der Waals surface area contributed by atoms with Gasteiger partial charge in [0.1, 0.15) is 5.75 Å². The minimum absolute atomic E-state index is 0.0114. The maximum atomic E-state index is 12.5. The smallest absolute Gasteiger partial charge is 0.186 e. The van der Waals surface area contributed by atoms with E-state index in [1.165, 1.54) is 0 Å². The molecule has 0 amide bonds. The standard InChI is InChI=1S/C20H16O2/c1-22-20-12-5-3-8-16(20)13-14-19(21)18-11-6-9-15-7-2-4-10-17(15)18/h2-14H,1H3/b14-13+. The lowest BCUT2D eigenvalue weighted by Gasteiger charge is -2.04. The molecule has 22 heavy (non-hydrogen) atoms. The van der Waals surface area contributed by atoms with Crippen LogP contribution in [0, 0.1) is 0 Å². The summed E-state index contributed by atoms with van der Waals surface area (Å²) in [5.41, 5.74) is 1.60. The zero-order valence-electron chi connectivity index (χ0n) is 12.3. The van der Waals surface area contributed by atoms with Crippen LogP contribution in [0.2, 0.25) is 0 Å². The maximum absolute atomic E-state index is 12.5. The van der Waals surface area contributed by atoms with Crippen molar-refractivity contribution >= 4 is 22.6 Å². The summed E-state index contributed by atoms with van der Waals surface area (Å²) in [5.74, 6) is 0.743. The van der Waals surface area contributed by atoms with Crippen LogP contribution in [0.15, 0.2) is 72.8 Å². The van der Waals surface area contributed by atoms with E-state index in [4.69, 9.17) is 4.74 Å². The first-order valence-corrected chi connectivity index (χ1v) is 7.13. The van der Waals surface area contributed by atoms with E-state index in [0.717, 1.165) is 22.1 Å². The molecule has 0 saturated heterocycles. The summed E-state index contributed by atoms with van der Waals surface area (Å²) in [5, 5.41) is 2.04. The van der Waals surface area contributed by atoms with Crippen LogP contribution in [-0.2, 0) is 0 Å². The van der Waals surface area contributed by atoms with E-state index in [1.54, 1.807) is 19.3 Å². The molecule has 108 valence electrons. The van der Waals surface area contributed by atoms with Gasteiger partial charge in [-0.05, 0) is 29.0 Å². The Bertz CT molecular complexity index is 842. The molecule has 0 spiro atoms. The Kier molecular flexibility index (Phi) is 4.01. The van der Waals surface area contributed by atoms with Gasteiger partial charge in [-0.25, -0.2) is 0 Å². The summed E-state index contributed by atoms with van der Waals surface area (Å²) in [4.78, 5) is 12.5. The van der Waals surface area contributed by atoms with Crippen LogP contribution in [-0.4, -0.2) is 12.9 Å². The Morgan fingerprint density at radius 2 is 1.64 bits per heavy atom. The second kappa shape index (κ2) is 6.27. The van der Waals surface area contributed by atoms with Gasteiger partial charge >= 0.3 is 0 Å². The lowest BCUT2D eigenvalue weighted by atomic mass is 10.0. The number of fused-ring (bicyclic) bond motifs is 1. The predicted octanol–water partition coefficient (Wildman–Crippen LogP) is 4.74. The van der Waals surface area contributed by atoms with Crippen LogP contribution >= 0.6 is 0 Å². The quantitative estimate of drug-likeness (QED) is 0.512. The van der Waals surface area contributed by atoms with E-state index in [2.05, 4.69) is 0 Å². The Morgan fingerprint density at radius 1 is 0.909 bits per heavy atom. The normalized spacial score (nSPS) is 11.0. The van der Waals surface area contributed by atoms with Gasteiger partial charge in [-0.15, -0.1) is 0 Å². The van der Waals surface area contributed by atoms with Crippen molar-refractivity contribution in [2.24, 2.45) is 0 Å². The SMILES string of the molecule is COc1ccccc1/C=C/C(=O)c1cccc2ccccc12. The minimum Gasteiger partial charge on any atom is -0.496 e. The van der Waals surface area contributed by atoms with Crippen molar-refractivity contribution in [2.75, 3.05) is 7.11 Å². The fourth-order valence-corrected chi connectivity index (χ4v) is 2.50. The third kappa shape index (κ3) is 2.77. The number of ether oxygens (including phenoxy) is 1. The monoisotopic (exact) mass is 288 g/mol. The Hall–Kier alpha value is -2.87. The van der Waals surface area contributed by atoms with Gasteiger partial charge in [-0.2, -0.15) is 0 Å². The summed E-state index contributed by atoms with van der Waals surface area (Å²) in [6.45, 7) is 0. The first-order chi connectivity index (χ1) is 10.8. The van der Waals surface area contributed by atoms with Crippen LogP contribution in [0.5, 0.6) is 5.75 Å². The number of hydrogen-bond donors (Lipinski definition) is 0. The van der Waals surface area contributed by atoms with Crippen molar-refractivity contribution in [1.82, 2.24) is 0 Å². The average molecular weight is 288 g/mol. The van der Waals surface area contributed by atoms with Crippen LogP contribution in [0.4, 0.5) is 0 Å². The number of carbonyl (C=O) groups excluding carboxylic acids is 1. The van der Waals surface area contributed by atoms with Crippen molar-refractivity contribution in [3.8, 4) is 5.75 Å². The fraction of sp³-hybridized carbons (Fsp3) is 0.0500. The summed E-state index contributed by atoms with van der Waals surface area (Å²) in [6, 6.07) is 21.3. The van der Waals surface area contributed by atoms with Crippen molar-refractivity contribution in [1.29, 1.82) is 0 Å². The summed E-state index contributed by atoms with van der Waals surface area (Å²) < 4.78 is 5.29. The van der Waals surface area contributed by atoms with Crippen molar-refractivity contribution in [3.05, 3.63) is 83.9 Å². The van der Waals surface area contributed by atoms with Gasteiger partial charge in [0.2, 0.25) is 0 Å². The first kappa shape index (κ1) is 14.1. The highest BCUT2D eigenvalue weighted by Crippen LogP contribution is 2.21. The predicted molar refractivity (Wildman–Crippen MR) is 90.3 cm³/mol. The van der Waals surface area contributed by atoms with E-state index < -0.39 is 0 Å². The molecule has 0 heterocycles. The number of ketones is 1. The van der Waals surface area contributed by atoms with Crippen LogP contribution in [0.1, 0.15) is 15.9 Å². The highest BCUT2D eigenvalue weighted by molar-refractivity contribution is 6.14. The molecule has 0 radical (unpaired) electrons. The van der Waals surface area contributed by atoms with Gasteiger partial charge in [-0.1, -0.05) is 60.7 Å². The number of rotatable bonds is 4. The third-order valence-corrected chi connectivity index (χ3v) is 3.61. The lowest BCUT2D eigenvalue weighted by molar-refractivity contribution is 0.104. The number of hydrogen-bond acceptors (Lipinski definition) is 2. The highest BCUT2D eigenvalue weighted by atomic mass is 16.5. The van der Waals surface area contributed by atoms with Crippen LogP contribution in [0.25, 0.3) is 16.8 Å². The molecule has 0 atom stereocenters. The van der Waals surface area contributed by atoms with Crippen molar-refractivity contribution in [3.63, 3.8) is 0 Å². The largest absolute Gasteiger partial charge is 0.496 e. The van der Waals surface area contributed by atoms with Gasteiger partial charge in [0.15, 0.2) is 5.78 Å². The van der Waals surface area contributed by atoms with Gasteiger partial charge in [0.05, 0.1) is 7.11 Å². The molecule has 0 unspecified atom stereocenters. The topological polar surface area (TPSA) is 26.3 Å². The highest BCUT2D eigenvalue weighted by Gasteiger charge is 2.07. The molecule has 0 aromatic heterocycles. The zero-order chi connectivity index (χ0) is 15.4. The molecule has 2 nitrogen and oxygen atoms in total. The molecule has 0 aliphatic heterocycles. The summed E-state index contributed by atoms with van der Waals surface area (Å²) in [6.07, 6.45) is 3.39. The molecule has 0 bridgehead atoms. The van der Waals surface area contributed by atoms with Crippen LogP contribution < -0.4 is 4.74 Å². The molecule has 3 aromatic carbocycles. The second-order valence-corrected chi connectivity index (χ2v) is 4.97. The zero-order valence-corrected chi connectivity index (χ0v) is 12.3. The maximum Gasteiger partial charge on any atom is 0.186 e. The molecule has 2 heteroatoms. The van der Waals surface area contributed by atoms with E-state index in [1.807, 2.05) is 66.7 Å². The molecule has 3 aromatic rings. The number of benzene rings is 3. The second-order valence-electron chi connectivity index (χ2n) is 4.97. The first-order valence-electron chi connectivity index (χ1n) is 7.13. The lowest BCUT2D eigenvalue weighted by Crippen LogP contribution is -1.95. The van der Waals surface area contributed by atoms with Gasteiger partial charge in [-0.3, -0.25) is 4.79 Å². The van der Waals surface area contributed by atoms with E-state index >= 15 is 0 Å². The van der Waals surface area contributed by atoms with Crippen molar-refractivity contribution < 1.29 is 9.53 Å².